The molecule has 0 radical (unpaired) electrons. The standard InChI is InChI=1S/C13H16N2O3/c14-13(18)11-5-12(17)15(7-11)6-9-2-1-3-10(4-9)8-16/h1-4,11,16H,5-8H2,(H2,14,18). The van der Waals surface area contributed by atoms with Crippen molar-refractivity contribution in [3.63, 3.8) is 0 Å². The quantitative estimate of drug-likeness (QED) is 0.787. The SMILES string of the molecule is NC(=O)C1CC(=O)N(Cc2cccc(CO)c2)C1. The highest BCUT2D eigenvalue weighted by Gasteiger charge is 2.32. The Morgan fingerprint density at radius 2 is 2.17 bits per heavy atom. The Morgan fingerprint density at radius 3 is 2.78 bits per heavy atom. The topological polar surface area (TPSA) is 83.6 Å². The monoisotopic (exact) mass is 248 g/mol. The molecule has 3 N–H and O–H groups in total. The summed E-state index contributed by atoms with van der Waals surface area (Å²) in [7, 11) is 0. The third kappa shape index (κ3) is 2.68. The second kappa shape index (κ2) is 5.18. The molecule has 2 amide bonds. The molecule has 1 aliphatic rings. The molecule has 1 atom stereocenters. The molecule has 0 aromatic heterocycles. The molecular formula is C13H16N2O3. The number of likely N-dealkylation sites (tertiary alicyclic amines) is 1. The van der Waals surface area contributed by atoms with E-state index in [4.69, 9.17) is 10.8 Å². The van der Waals surface area contributed by atoms with Crippen molar-refractivity contribution < 1.29 is 14.7 Å². The number of hydrogen-bond acceptors (Lipinski definition) is 3. The van der Waals surface area contributed by atoms with Crippen LogP contribution in [-0.2, 0) is 22.7 Å². The zero-order valence-corrected chi connectivity index (χ0v) is 10.0. The first-order valence-corrected chi connectivity index (χ1v) is 5.86. The van der Waals surface area contributed by atoms with Crippen molar-refractivity contribution in [1.29, 1.82) is 0 Å². The molecule has 0 saturated carbocycles. The van der Waals surface area contributed by atoms with Crippen LogP contribution in [0.25, 0.3) is 0 Å². The molecule has 5 heteroatoms. The molecule has 1 unspecified atom stereocenters. The molecule has 1 saturated heterocycles. The summed E-state index contributed by atoms with van der Waals surface area (Å²) in [5.41, 5.74) is 6.97. The number of nitrogens with two attached hydrogens (primary N) is 1. The van der Waals surface area contributed by atoms with Crippen LogP contribution >= 0.6 is 0 Å². The van der Waals surface area contributed by atoms with Crippen molar-refractivity contribution in [3.05, 3.63) is 35.4 Å². The lowest BCUT2D eigenvalue weighted by Crippen LogP contribution is -2.28. The van der Waals surface area contributed by atoms with Crippen molar-refractivity contribution in [2.24, 2.45) is 11.7 Å². The van der Waals surface area contributed by atoms with Crippen LogP contribution in [0.5, 0.6) is 0 Å². The number of nitrogens with zero attached hydrogens (tertiary/aromatic N) is 1. The van der Waals surface area contributed by atoms with Gasteiger partial charge in [0.05, 0.1) is 12.5 Å². The maximum absolute atomic E-state index is 11.7. The second-order valence-corrected chi connectivity index (χ2v) is 4.56. The van der Waals surface area contributed by atoms with Gasteiger partial charge in [0, 0.05) is 19.5 Å². The molecule has 0 spiro atoms. The van der Waals surface area contributed by atoms with Crippen LogP contribution in [0.1, 0.15) is 17.5 Å². The van der Waals surface area contributed by atoms with E-state index in [0.29, 0.717) is 13.1 Å². The number of carbonyl (C=O) groups excluding carboxylic acids is 2. The number of amides is 2. The Hall–Kier alpha value is -1.88. The zero-order valence-electron chi connectivity index (χ0n) is 10.0. The third-order valence-electron chi connectivity index (χ3n) is 3.16. The Balaban J connectivity index is 2.05. The van der Waals surface area contributed by atoms with Crippen molar-refractivity contribution >= 4 is 11.8 Å². The molecule has 1 aromatic rings. The minimum Gasteiger partial charge on any atom is -0.392 e. The van der Waals surface area contributed by atoms with Gasteiger partial charge in [0.1, 0.15) is 0 Å². The molecule has 1 aromatic carbocycles. The van der Waals surface area contributed by atoms with Crippen molar-refractivity contribution in [2.75, 3.05) is 6.54 Å². The first-order chi connectivity index (χ1) is 8.60. The average molecular weight is 248 g/mol. The van der Waals surface area contributed by atoms with E-state index in [0.717, 1.165) is 11.1 Å². The highest BCUT2D eigenvalue weighted by Crippen LogP contribution is 2.20. The largest absolute Gasteiger partial charge is 0.392 e. The molecule has 0 bridgehead atoms. The van der Waals surface area contributed by atoms with Crippen LogP contribution < -0.4 is 5.73 Å². The van der Waals surface area contributed by atoms with Crippen LogP contribution in [-0.4, -0.2) is 28.4 Å². The van der Waals surface area contributed by atoms with Gasteiger partial charge in [0.15, 0.2) is 0 Å². The molecule has 2 rings (SSSR count). The molecular weight excluding hydrogens is 232 g/mol. The van der Waals surface area contributed by atoms with Gasteiger partial charge >= 0.3 is 0 Å². The number of primary amides is 1. The van der Waals surface area contributed by atoms with Gasteiger partial charge in [-0.25, -0.2) is 0 Å². The number of benzene rings is 1. The fourth-order valence-electron chi connectivity index (χ4n) is 2.16. The van der Waals surface area contributed by atoms with Crippen LogP contribution in [0.2, 0.25) is 0 Å². The predicted octanol–water partition coefficient (Wildman–Crippen LogP) is 0.0127. The molecule has 96 valence electrons. The Bertz CT molecular complexity index is 473. The smallest absolute Gasteiger partial charge is 0.223 e. The van der Waals surface area contributed by atoms with E-state index in [1.165, 1.54) is 0 Å². The van der Waals surface area contributed by atoms with Gasteiger partial charge in [-0.15, -0.1) is 0 Å². The third-order valence-corrected chi connectivity index (χ3v) is 3.16. The summed E-state index contributed by atoms with van der Waals surface area (Å²) in [5.74, 6) is -0.846. The lowest BCUT2D eigenvalue weighted by Gasteiger charge is -2.16. The van der Waals surface area contributed by atoms with Gasteiger partial charge in [0.2, 0.25) is 11.8 Å². The van der Waals surface area contributed by atoms with E-state index in [-0.39, 0.29) is 24.9 Å². The van der Waals surface area contributed by atoms with E-state index in [9.17, 15) is 9.59 Å². The second-order valence-electron chi connectivity index (χ2n) is 4.56. The van der Waals surface area contributed by atoms with Gasteiger partial charge in [-0.05, 0) is 11.1 Å². The number of rotatable bonds is 4. The molecule has 1 heterocycles. The summed E-state index contributed by atoms with van der Waals surface area (Å²) >= 11 is 0. The first-order valence-electron chi connectivity index (χ1n) is 5.86. The maximum atomic E-state index is 11.7. The summed E-state index contributed by atoms with van der Waals surface area (Å²) < 4.78 is 0. The van der Waals surface area contributed by atoms with Gasteiger partial charge in [-0.2, -0.15) is 0 Å². The Labute approximate surface area is 105 Å². The number of hydrogen-bond donors (Lipinski definition) is 2. The minimum absolute atomic E-state index is 0.0221. The fourth-order valence-corrected chi connectivity index (χ4v) is 2.16. The van der Waals surface area contributed by atoms with E-state index in [2.05, 4.69) is 0 Å². The van der Waals surface area contributed by atoms with Gasteiger partial charge in [-0.1, -0.05) is 24.3 Å². The molecule has 1 aliphatic heterocycles. The Morgan fingerprint density at radius 1 is 1.44 bits per heavy atom. The Kier molecular flexibility index (Phi) is 3.62. The summed E-state index contributed by atoms with van der Waals surface area (Å²) in [6.45, 7) is 0.819. The predicted molar refractivity (Wildman–Crippen MR) is 65.1 cm³/mol. The maximum Gasteiger partial charge on any atom is 0.223 e. The average Bonchev–Trinajstić information content (AvgIpc) is 2.71. The van der Waals surface area contributed by atoms with Crippen molar-refractivity contribution in [1.82, 2.24) is 4.90 Å². The van der Waals surface area contributed by atoms with E-state index < -0.39 is 5.91 Å². The van der Waals surface area contributed by atoms with Crippen LogP contribution in [0, 0.1) is 5.92 Å². The van der Waals surface area contributed by atoms with Crippen molar-refractivity contribution in [2.45, 2.75) is 19.6 Å². The highest BCUT2D eigenvalue weighted by atomic mass is 16.3. The normalized spacial score (nSPS) is 19.3. The summed E-state index contributed by atoms with van der Waals surface area (Å²) in [6.07, 6.45) is 0.203. The van der Waals surface area contributed by atoms with E-state index in [1.54, 1.807) is 4.90 Å². The molecule has 5 nitrogen and oxygen atoms in total. The molecule has 0 aliphatic carbocycles. The van der Waals surface area contributed by atoms with Crippen LogP contribution in [0.4, 0.5) is 0 Å². The first kappa shape index (κ1) is 12.6. The van der Waals surface area contributed by atoms with Crippen molar-refractivity contribution in [3.8, 4) is 0 Å². The number of carbonyl (C=O) groups is 2. The fraction of sp³-hybridized carbons (Fsp3) is 0.385. The molecule has 1 fully saturated rings. The van der Waals surface area contributed by atoms with E-state index in [1.807, 2.05) is 24.3 Å². The minimum atomic E-state index is -0.421. The lowest BCUT2D eigenvalue weighted by atomic mass is 10.1. The van der Waals surface area contributed by atoms with Gasteiger partial charge in [-0.3, -0.25) is 9.59 Å². The number of aliphatic hydroxyl groups is 1. The number of aliphatic hydroxyl groups excluding tert-OH is 1. The lowest BCUT2D eigenvalue weighted by molar-refractivity contribution is -0.128. The molecule has 18 heavy (non-hydrogen) atoms. The van der Waals surface area contributed by atoms with Gasteiger partial charge < -0.3 is 15.7 Å². The van der Waals surface area contributed by atoms with Crippen LogP contribution in [0.3, 0.4) is 0 Å². The summed E-state index contributed by atoms with van der Waals surface area (Å²) in [6, 6.07) is 7.41. The summed E-state index contributed by atoms with van der Waals surface area (Å²) in [5, 5.41) is 9.05. The van der Waals surface area contributed by atoms with Crippen LogP contribution in [0.15, 0.2) is 24.3 Å². The zero-order chi connectivity index (χ0) is 13.1. The van der Waals surface area contributed by atoms with E-state index >= 15 is 0 Å². The summed E-state index contributed by atoms with van der Waals surface area (Å²) in [4.78, 5) is 24.4. The highest BCUT2D eigenvalue weighted by molar-refractivity contribution is 5.88. The van der Waals surface area contributed by atoms with Gasteiger partial charge in [0.25, 0.3) is 0 Å².